The van der Waals surface area contributed by atoms with Crippen LogP contribution >= 0.6 is 0 Å². The Labute approximate surface area is 164 Å². The average Bonchev–Trinajstić information content (AvgIpc) is 2.65. The summed E-state index contributed by atoms with van der Waals surface area (Å²) in [4.78, 5) is 35.9. The largest absolute Gasteiger partial charge is 0.350 e. The third-order valence-electron chi connectivity index (χ3n) is 3.63. The van der Waals surface area contributed by atoms with Crippen molar-refractivity contribution >= 4 is 23.5 Å². The molecule has 0 saturated heterocycles. The van der Waals surface area contributed by atoms with Crippen LogP contribution in [0.5, 0.6) is 0 Å². The number of carbonyl (C=O) groups is 3. The summed E-state index contributed by atoms with van der Waals surface area (Å²) in [6, 6.07) is 15.1. The molecular formula is C21H26N4O3. The highest BCUT2D eigenvalue weighted by molar-refractivity contribution is 5.96. The summed E-state index contributed by atoms with van der Waals surface area (Å²) in [6.07, 6.45) is 0. The molecule has 2 aromatic carbocycles. The second kappa shape index (κ2) is 9.55. The van der Waals surface area contributed by atoms with Gasteiger partial charge in [0.25, 0.3) is 11.8 Å². The van der Waals surface area contributed by atoms with Crippen molar-refractivity contribution in [2.45, 2.75) is 26.3 Å². The normalized spacial score (nSPS) is 10.7. The highest BCUT2D eigenvalue weighted by atomic mass is 16.2. The summed E-state index contributed by atoms with van der Waals surface area (Å²) in [5.41, 5.74) is 1.34. The van der Waals surface area contributed by atoms with E-state index in [4.69, 9.17) is 0 Å². The fourth-order valence-corrected chi connectivity index (χ4v) is 2.34. The van der Waals surface area contributed by atoms with E-state index in [9.17, 15) is 14.4 Å². The van der Waals surface area contributed by atoms with E-state index in [0.29, 0.717) is 23.4 Å². The Morgan fingerprint density at radius 1 is 0.750 bits per heavy atom. The van der Waals surface area contributed by atoms with E-state index in [1.807, 2.05) is 26.8 Å². The van der Waals surface area contributed by atoms with Crippen molar-refractivity contribution < 1.29 is 14.4 Å². The number of benzene rings is 2. The molecule has 2 aromatic rings. The molecule has 7 nitrogen and oxygen atoms in total. The minimum Gasteiger partial charge on any atom is -0.350 e. The first-order valence-corrected chi connectivity index (χ1v) is 9.05. The maximum absolute atomic E-state index is 12.1. The van der Waals surface area contributed by atoms with Gasteiger partial charge in [-0.2, -0.15) is 0 Å². The van der Waals surface area contributed by atoms with E-state index in [0.717, 1.165) is 0 Å². The zero-order chi connectivity index (χ0) is 20.6. The standard InChI is InChI=1S/C21H26N4O3/c1-21(2,3)25-19(27)16-9-11-17(12-10-16)24-20(28)23-14-13-22-18(26)15-7-5-4-6-8-15/h4-12H,13-14H2,1-3H3,(H,22,26)(H,25,27)(H2,23,24,28). The number of hydrogen-bond donors (Lipinski definition) is 4. The minimum absolute atomic E-state index is 0.169. The maximum Gasteiger partial charge on any atom is 0.319 e. The Morgan fingerprint density at radius 2 is 1.32 bits per heavy atom. The van der Waals surface area contributed by atoms with Gasteiger partial charge in [0.2, 0.25) is 0 Å². The molecule has 0 unspecified atom stereocenters. The van der Waals surface area contributed by atoms with Crippen molar-refractivity contribution in [1.29, 1.82) is 0 Å². The van der Waals surface area contributed by atoms with Crippen LogP contribution in [0, 0.1) is 0 Å². The lowest BCUT2D eigenvalue weighted by Gasteiger charge is -2.20. The first kappa shape index (κ1) is 21.0. The highest BCUT2D eigenvalue weighted by Gasteiger charge is 2.15. The Balaban J connectivity index is 1.73. The molecule has 0 saturated carbocycles. The van der Waals surface area contributed by atoms with E-state index in [2.05, 4.69) is 21.3 Å². The van der Waals surface area contributed by atoms with E-state index in [-0.39, 0.29) is 29.9 Å². The van der Waals surface area contributed by atoms with Crippen molar-refractivity contribution in [1.82, 2.24) is 16.0 Å². The van der Waals surface area contributed by atoms with E-state index < -0.39 is 0 Å². The molecule has 0 fully saturated rings. The SMILES string of the molecule is CC(C)(C)NC(=O)c1ccc(NC(=O)NCCNC(=O)c2ccccc2)cc1. The molecule has 0 radical (unpaired) electrons. The van der Waals surface area contributed by atoms with Gasteiger partial charge in [0, 0.05) is 35.4 Å². The molecule has 2 rings (SSSR count). The summed E-state index contributed by atoms with van der Waals surface area (Å²) < 4.78 is 0. The van der Waals surface area contributed by atoms with Gasteiger partial charge < -0.3 is 21.3 Å². The molecule has 0 bridgehead atoms. The molecule has 0 heterocycles. The molecule has 4 amide bonds. The summed E-state index contributed by atoms with van der Waals surface area (Å²) in [5, 5.41) is 11.0. The molecule has 0 aliphatic rings. The van der Waals surface area contributed by atoms with Gasteiger partial charge in [0.15, 0.2) is 0 Å². The summed E-state index contributed by atoms with van der Waals surface area (Å²) >= 11 is 0. The van der Waals surface area contributed by atoms with E-state index in [1.165, 1.54) is 0 Å². The first-order chi connectivity index (χ1) is 13.2. The lowest BCUT2D eigenvalue weighted by atomic mass is 10.1. The van der Waals surface area contributed by atoms with Gasteiger partial charge in [-0.3, -0.25) is 9.59 Å². The number of amides is 4. The zero-order valence-corrected chi connectivity index (χ0v) is 16.3. The Morgan fingerprint density at radius 3 is 1.93 bits per heavy atom. The van der Waals surface area contributed by atoms with Gasteiger partial charge in [-0.05, 0) is 57.2 Å². The molecular weight excluding hydrogens is 356 g/mol. The lowest BCUT2D eigenvalue weighted by Crippen LogP contribution is -2.40. The van der Waals surface area contributed by atoms with Gasteiger partial charge in [-0.15, -0.1) is 0 Å². The predicted molar refractivity (Wildman–Crippen MR) is 109 cm³/mol. The minimum atomic E-state index is -0.388. The Bertz CT molecular complexity index is 812. The van der Waals surface area contributed by atoms with Crippen LogP contribution in [0.2, 0.25) is 0 Å². The predicted octanol–water partition coefficient (Wildman–Crippen LogP) is 2.77. The number of rotatable bonds is 6. The van der Waals surface area contributed by atoms with Gasteiger partial charge in [0.05, 0.1) is 0 Å². The number of anilines is 1. The van der Waals surface area contributed by atoms with Gasteiger partial charge in [-0.25, -0.2) is 4.79 Å². The number of nitrogens with one attached hydrogen (secondary N) is 4. The number of carbonyl (C=O) groups excluding carboxylic acids is 3. The molecule has 0 aliphatic heterocycles. The zero-order valence-electron chi connectivity index (χ0n) is 16.3. The van der Waals surface area contributed by atoms with E-state index in [1.54, 1.807) is 48.5 Å². The van der Waals surface area contributed by atoms with Crippen LogP contribution in [0.3, 0.4) is 0 Å². The van der Waals surface area contributed by atoms with Crippen LogP contribution in [-0.2, 0) is 0 Å². The van der Waals surface area contributed by atoms with Crippen LogP contribution in [-0.4, -0.2) is 36.5 Å². The van der Waals surface area contributed by atoms with Crippen molar-refractivity contribution in [2.75, 3.05) is 18.4 Å². The highest BCUT2D eigenvalue weighted by Crippen LogP contribution is 2.11. The Hall–Kier alpha value is -3.35. The third-order valence-corrected chi connectivity index (χ3v) is 3.63. The molecule has 0 aromatic heterocycles. The molecule has 0 atom stereocenters. The average molecular weight is 382 g/mol. The van der Waals surface area contributed by atoms with Crippen LogP contribution in [0.4, 0.5) is 10.5 Å². The van der Waals surface area contributed by atoms with Gasteiger partial charge in [0.1, 0.15) is 0 Å². The maximum atomic E-state index is 12.1. The van der Waals surface area contributed by atoms with Crippen molar-refractivity contribution in [3.8, 4) is 0 Å². The van der Waals surface area contributed by atoms with Gasteiger partial charge in [-0.1, -0.05) is 18.2 Å². The monoisotopic (exact) mass is 382 g/mol. The molecule has 0 spiro atoms. The number of hydrogen-bond acceptors (Lipinski definition) is 3. The van der Waals surface area contributed by atoms with E-state index >= 15 is 0 Å². The molecule has 148 valence electrons. The first-order valence-electron chi connectivity index (χ1n) is 9.05. The lowest BCUT2D eigenvalue weighted by molar-refractivity contribution is 0.0917. The van der Waals surface area contributed by atoms with Crippen LogP contribution < -0.4 is 21.3 Å². The topological polar surface area (TPSA) is 99.3 Å². The summed E-state index contributed by atoms with van der Waals surface area (Å²) in [7, 11) is 0. The third kappa shape index (κ3) is 7.11. The van der Waals surface area contributed by atoms with Crippen molar-refractivity contribution in [3.63, 3.8) is 0 Å². The molecule has 0 aliphatic carbocycles. The van der Waals surface area contributed by atoms with Crippen molar-refractivity contribution in [3.05, 3.63) is 65.7 Å². The van der Waals surface area contributed by atoms with Crippen LogP contribution in [0.1, 0.15) is 41.5 Å². The number of urea groups is 1. The van der Waals surface area contributed by atoms with Crippen LogP contribution in [0.25, 0.3) is 0 Å². The fraction of sp³-hybridized carbons (Fsp3) is 0.286. The molecule has 28 heavy (non-hydrogen) atoms. The summed E-state index contributed by atoms with van der Waals surface area (Å²) in [6.45, 7) is 6.33. The van der Waals surface area contributed by atoms with Crippen LogP contribution in [0.15, 0.2) is 54.6 Å². The smallest absolute Gasteiger partial charge is 0.319 e. The molecule has 7 heteroatoms. The Kier molecular flexibility index (Phi) is 7.14. The van der Waals surface area contributed by atoms with Crippen molar-refractivity contribution in [2.24, 2.45) is 0 Å². The second-order valence-electron chi connectivity index (χ2n) is 7.28. The van der Waals surface area contributed by atoms with Gasteiger partial charge >= 0.3 is 6.03 Å². The molecule has 4 N–H and O–H groups in total. The quantitative estimate of drug-likeness (QED) is 0.578. The fourth-order valence-electron chi connectivity index (χ4n) is 2.34. The summed E-state index contributed by atoms with van der Waals surface area (Å²) in [5.74, 6) is -0.357. The second-order valence-corrected chi connectivity index (χ2v) is 7.28.